The maximum Gasteiger partial charge on any atom is 0.261 e. The zero-order chi connectivity index (χ0) is 29.4. The predicted octanol–water partition coefficient (Wildman–Crippen LogP) is 2.79. The van der Waals surface area contributed by atoms with Gasteiger partial charge in [-0.1, -0.05) is 6.07 Å². The number of aryl methyl sites for hydroxylation is 2. The topological polar surface area (TPSA) is 107 Å². The first kappa shape index (κ1) is 28.3. The summed E-state index contributed by atoms with van der Waals surface area (Å²) in [5.74, 6) is 1.57. The average Bonchev–Trinajstić information content (AvgIpc) is 3.47. The Bertz CT molecular complexity index is 1680. The quantitative estimate of drug-likeness (QED) is 0.301. The van der Waals surface area contributed by atoms with Crippen molar-refractivity contribution in [3.63, 3.8) is 0 Å². The monoisotopic (exact) mass is 573 g/mol. The van der Waals surface area contributed by atoms with E-state index in [2.05, 4.69) is 28.8 Å². The van der Waals surface area contributed by atoms with Gasteiger partial charge in [0.25, 0.3) is 5.56 Å². The van der Waals surface area contributed by atoms with Crippen molar-refractivity contribution in [1.29, 1.82) is 0 Å². The van der Waals surface area contributed by atoms with E-state index < -0.39 is 0 Å². The van der Waals surface area contributed by atoms with Crippen molar-refractivity contribution in [2.75, 3.05) is 44.9 Å². The van der Waals surface area contributed by atoms with Gasteiger partial charge in [-0.05, 0) is 63.4 Å². The van der Waals surface area contributed by atoms with Gasteiger partial charge >= 0.3 is 0 Å². The minimum Gasteiger partial charge on any atom is -0.382 e. The molecule has 1 aromatic carbocycles. The maximum absolute atomic E-state index is 14.0. The Morgan fingerprint density at radius 3 is 2.74 bits per heavy atom. The van der Waals surface area contributed by atoms with Gasteiger partial charge in [-0.25, -0.2) is 14.5 Å². The van der Waals surface area contributed by atoms with E-state index >= 15 is 0 Å². The molecule has 0 bridgehead atoms. The highest BCUT2D eigenvalue weighted by atomic mass is 16.5. The van der Waals surface area contributed by atoms with Gasteiger partial charge in [-0.2, -0.15) is 5.10 Å². The molecule has 0 aliphatic carbocycles. The van der Waals surface area contributed by atoms with Crippen molar-refractivity contribution in [3.8, 4) is 0 Å². The molecule has 222 valence electrons. The van der Waals surface area contributed by atoms with Crippen molar-refractivity contribution in [2.45, 2.75) is 64.6 Å². The van der Waals surface area contributed by atoms with Crippen molar-refractivity contribution >= 4 is 28.1 Å². The fourth-order valence-corrected chi connectivity index (χ4v) is 6.20. The van der Waals surface area contributed by atoms with E-state index in [0.717, 1.165) is 35.7 Å². The normalized spacial score (nSPS) is 19.0. The number of hydrogen-bond donors (Lipinski definition) is 0. The van der Waals surface area contributed by atoms with Gasteiger partial charge in [-0.3, -0.25) is 14.2 Å². The molecular formula is C31H39N7O4. The molecule has 3 aromatic heterocycles. The number of carbonyl (C=O) groups excluding carboxylic acids is 1. The molecule has 42 heavy (non-hydrogen) atoms. The zero-order valence-electron chi connectivity index (χ0n) is 24.9. The number of rotatable bonds is 9. The third-order valence-corrected chi connectivity index (χ3v) is 8.54. The molecule has 2 aliphatic heterocycles. The number of pyridine rings is 1. The number of benzene rings is 1. The highest BCUT2D eigenvalue weighted by molar-refractivity contribution is 5.82. The van der Waals surface area contributed by atoms with Crippen molar-refractivity contribution in [2.24, 2.45) is 0 Å². The number of likely N-dealkylation sites (tertiary alicyclic amines) is 1. The first-order chi connectivity index (χ1) is 20.2. The lowest BCUT2D eigenvalue weighted by molar-refractivity contribution is -0.130. The van der Waals surface area contributed by atoms with Crippen LogP contribution in [0.15, 0.2) is 41.3 Å². The summed E-state index contributed by atoms with van der Waals surface area (Å²) in [5.41, 5.74) is 3.26. The van der Waals surface area contributed by atoms with Crippen LogP contribution in [0.25, 0.3) is 16.6 Å². The van der Waals surface area contributed by atoms with Crippen molar-refractivity contribution in [1.82, 2.24) is 29.0 Å². The number of anilines is 1. The van der Waals surface area contributed by atoms with Crippen LogP contribution >= 0.6 is 0 Å². The maximum atomic E-state index is 14.0. The van der Waals surface area contributed by atoms with Crippen LogP contribution in [0.2, 0.25) is 0 Å². The summed E-state index contributed by atoms with van der Waals surface area (Å²) in [6, 6.07) is 9.86. The first-order valence-electron chi connectivity index (χ1n) is 14.7. The highest BCUT2D eigenvalue weighted by Crippen LogP contribution is 2.29. The van der Waals surface area contributed by atoms with Crippen molar-refractivity contribution < 1.29 is 14.3 Å². The van der Waals surface area contributed by atoms with Crippen LogP contribution in [0, 0.1) is 6.92 Å². The number of aromatic nitrogens is 5. The Hall–Kier alpha value is -3.83. The molecule has 1 unspecified atom stereocenters. The Morgan fingerprint density at radius 1 is 1.10 bits per heavy atom. The first-order valence-corrected chi connectivity index (χ1v) is 14.7. The van der Waals surface area contributed by atoms with E-state index in [4.69, 9.17) is 14.5 Å². The fourth-order valence-electron chi connectivity index (χ4n) is 6.20. The molecule has 5 heterocycles. The summed E-state index contributed by atoms with van der Waals surface area (Å²) in [4.78, 5) is 40.3. The molecule has 2 saturated heterocycles. The molecule has 0 spiro atoms. The standard InChI is InChI=1S/C31H39N7O4/c1-21-32-28-8-5-22(18-38(28)34-21)10-13-36-27(11-14-37-29(39)9-12-31(37,2)3)33-26-17-23(6-7-25(26)30(36)40)35-15-16-42-24(19-35)20-41-4/h5-8,17-18,24H,9-16,19-20H2,1-4H3. The number of methoxy groups -OCH3 is 1. The number of nitrogens with zero attached hydrogens (tertiary/aromatic N) is 7. The largest absolute Gasteiger partial charge is 0.382 e. The molecule has 2 fully saturated rings. The molecule has 1 amide bonds. The SMILES string of the molecule is COCC1CN(c2ccc3c(=O)n(CCc4ccc5nc(C)nn5c4)c(CCN4C(=O)CCC4(C)C)nc3c2)CCO1. The van der Waals surface area contributed by atoms with E-state index in [0.29, 0.717) is 68.8 Å². The molecular weight excluding hydrogens is 534 g/mol. The van der Waals surface area contributed by atoms with Crippen LogP contribution in [0.4, 0.5) is 5.69 Å². The van der Waals surface area contributed by atoms with Crippen LogP contribution in [0.3, 0.4) is 0 Å². The Labute approximate surface area is 245 Å². The van der Waals surface area contributed by atoms with Crippen LogP contribution in [-0.4, -0.2) is 86.6 Å². The van der Waals surface area contributed by atoms with E-state index in [1.54, 1.807) is 16.2 Å². The molecule has 0 N–H and O–H groups in total. The van der Waals surface area contributed by atoms with Gasteiger partial charge < -0.3 is 19.3 Å². The lowest BCUT2D eigenvalue weighted by Crippen LogP contribution is -2.44. The molecule has 2 aliphatic rings. The van der Waals surface area contributed by atoms with Crippen LogP contribution < -0.4 is 10.5 Å². The second kappa shape index (κ2) is 11.4. The lowest BCUT2D eigenvalue weighted by Gasteiger charge is -2.34. The van der Waals surface area contributed by atoms with Gasteiger partial charge in [0.2, 0.25) is 5.91 Å². The second-order valence-electron chi connectivity index (χ2n) is 11.9. The molecule has 4 aromatic rings. The number of fused-ring (bicyclic) bond motifs is 2. The van der Waals surface area contributed by atoms with Gasteiger partial charge in [-0.15, -0.1) is 0 Å². The molecule has 1 atom stereocenters. The molecule has 6 rings (SSSR count). The predicted molar refractivity (Wildman–Crippen MR) is 160 cm³/mol. The van der Waals surface area contributed by atoms with Crippen LogP contribution in [0.1, 0.15) is 43.9 Å². The van der Waals surface area contributed by atoms with E-state index in [1.807, 2.05) is 48.4 Å². The molecule has 0 radical (unpaired) electrons. The summed E-state index contributed by atoms with van der Waals surface area (Å²) in [6.07, 6.45) is 4.49. The summed E-state index contributed by atoms with van der Waals surface area (Å²) in [6.45, 7) is 9.70. The molecule has 0 saturated carbocycles. The third-order valence-electron chi connectivity index (χ3n) is 8.54. The van der Waals surface area contributed by atoms with Crippen LogP contribution in [0.5, 0.6) is 0 Å². The lowest BCUT2D eigenvalue weighted by atomic mass is 10.0. The third kappa shape index (κ3) is 5.63. The minimum atomic E-state index is -0.202. The van der Waals surface area contributed by atoms with Gasteiger partial charge in [0, 0.05) is 63.6 Å². The zero-order valence-corrected chi connectivity index (χ0v) is 24.9. The Kier molecular flexibility index (Phi) is 7.71. The summed E-state index contributed by atoms with van der Waals surface area (Å²) >= 11 is 0. The Morgan fingerprint density at radius 2 is 1.95 bits per heavy atom. The fraction of sp³-hybridized carbons (Fsp3) is 0.516. The van der Waals surface area contributed by atoms with E-state index in [-0.39, 0.29) is 23.1 Å². The van der Waals surface area contributed by atoms with E-state index in [1.165, 1.54) is 0 Å². The van der Waals surface area contributed by atoms with Gasteiger partial charge in [0.15, 0.2) is 5.65 Å². The van der Waals surface area contributed by atoms with E-state index in [9.17, 15) is 9.59 Å². The molecule has 11 heteroatoms. The van der Waals surface area contributed by atoms with Gasteiger partial charge in [0.1, 0.15) is 11.6 Å². The average molecular weight is 574 g/mol. The second-order valence-corrected chi connectivity index (χ2v) is 11.9. The number of ether oxygens (including phenoxy) is 2. The van der Waals surface area contributed by atoms with Crippen LogP contribution in [-0.2, 0) is 33.7 Å². The number of amides is 1. The minimum absolute atomic E-state index is 0.00187. The summed E-state index contributed by atoms with van der Waals surface area (Å²) < 4.78 is 14.7. The highest BCUT2D eigenvalue weighted by Gasteiger charge is 2.37. The summed E-state index contributed by atoms with van der Waals surface area (Å²) in [5, 5.41) is 5.02. The number of carbonyl (C=O) groups is 1. The van der Waals surface area contributed by atoms with Gasteiger partial charge in [0.05, 0.1) is 30.2 Å². The number of hydrogen-bond acceptors (Lipinski definition) is 8. The molecule has 11 nitrogen and oxygen atoms in total. The Balaban J connectivity index is 1.32. The summed E-state index contributed by atoms with van der Waals surface area (Å²) in [7, 11) is 1.68. The number of morpholine rings is 1. The van der Waals surface area contributed by atoms with Crippen molar-refractivity contribution in [3.05, 3.63) is 64.1 Å². The smallest absolute Gasteiger partial charge is 0.261 e.